The lowest BCUT2D eigenvalue weighted by atomic mass is 9.85. The molecule has 0 atom stereocenters. The highest BCUT2D eigenvalue weighted by Crippen LogP contribution is 2.41. The van der Waals surface area contributed by atoms with E-state index >= 15 is 0 Å². The van der Waals surface area contributed by atoms with Crippen LogP contribution in [0.4, 0.5) is 11.5 Å². The molecule has 25 heavy (non-hydrogen) atoms. The van der Waals surface area contributed by atoms with Crippen LogP contribution in [0.15, 0.2) is 28.6 Å². The Morgan fingerprint density at radius 3 is 2.92 bits per heavy atom. The number of hydrogen-bond donors (Lipinski definition) is 2. The molecule has 3 aromatic rings. The Balaban J connectivity index is 1.68. The van der Waals surface area contributed by atoms with Crippen molar-refractivity contribution in [2.24, 2.45) is 0 Å². The van der Waals surface area contributed by atoms with E-state index in [1.54, 1.807) is 10.6 Å². The van der Waals surface area contributed by atoms with Gasteiger partial charge in [0.1, 0.15) is 34.0 Å². The van der Waals surface area contributed by atoms with E-state index in [1.165, 1.54) is 17.7 Å². The number of hydrogen-bond acceptors (Lipinski definition) is 6. The quantitative estimate of drug-likeness (QED) is 0.739. The summed E-state index contributed by atoms with van der Waals surface area (Å²) in [5, 5.41) is 8.98. The first-order valence-electron chi connectivity index (χ1n) is 8.14. The molecule has 5 rings (SSSR count). The molecule has 1 amide bonds. The van der Waals surface area contributed by atoms with Crippen LogP contribution in [-0.2, 0) is 5.66 Å². The molecule has 0 unspecified atom stereocenters. The monoisotopic (exact) mass is 353 g/mol. The van der Waals surface area contributed by atoms with Crippen molar-refractivity contribution >= 4 is 39.0 Å². The lowest BCUT2D eigenvalue weighted by Gasteiger charge is -2.39. The maximum atomic E-state index is 13.1. The van der Waals surface area contributed by atoms with Crippen LogP contribution in [0.2, 0.25) is 0 Å². The summed E-state index contributed by atoms with van der Waals surface area (Å²) in [6, 6.07) is 3.66. The van der Waals surface area contributed by atoms with Crippen molar-refractivity contribution in [2.45, 2.75) is 31.8 Å². The van der Waals surface area contributed by atoms with Crippen LogP contribution in [0.1, 0.15) is 35.3 Å². The van der Waals surface area contributed by atoms with E-state index < -0.39 is 5.66 Å². The average molecular weight is 353 g/mol. The van der Waals surface area contributed by atoms with E-state index in [-0.39, 0.29) is 11.5 Å². The van der Waals surface area contributed by atoms with Crippen molar-refractivity contribution in [3.05, 3.63) is 45.5 Å². The molecule has 0 radical (unpaired) electrons. The number of rotatable bonds is 2. The van der Waals surface area contributed by atoms with Crippen LogP contribution >= 0.6 is 11.3 Å². The number of fused-ring (bicyclic) bond motifs is 3. The first-order valence-corrected chi connectivity index (χ1v) is 9.02. The summed E-state index contributed by atoms with van der Waals surface area (Å²) in [5.74, 6) is 0.436. The highest BCUT2D eigenvalue weighted by atomic mass is 32.1. The van der Waals surface area contributed by atoms with E-state index in [0.29, 0.717) is 17.2 Å². The van der Waals surface area contributed by atoms with Gasteiger partial charge in [-0.1, -0.05) is 0 Å². The van der Waals surface area contributed by atoms with Gasteiger partial charge in [0, 0.05) is 0 Å². The largest absolute Gasteiger partial charge is 0.335 e. The summed E-state index contributed by atoms with van der Waals surface area (Å²) >= 11 is 1.52. The van der Waals surface area contributed by atoms with Gasteiger partial charge in [0.15, 0.2) is 0 Å². The number of nitrogens with zero attached hydrogens (tertiary/aromatic N) is 3. The third kappa shape index (κ3) is 1.91. The molecule has 0 aromatic carbocycles. The van der Waals surface area contributed by atoms with Crippen molar-refractivity contribution in [1.29, 1.82) is 0 Å². The van der Waals surface area contributed by atoms with Gasteiger partial charge < -0.3 is 10.6 Å². The fourth-order valence-electron chi connectivity index (χ4n) is 3.73. The zero-order valence-electron chi connectivity index (χ0n) is 13.5. The Hall–Kier alpha value is -2.74. The van der Waals surface area contributed by atoms with Crippen molar-refractivity contribution in [3.8, 4) is 0 Å². The van der Waals surface area contributed by atoms with Gasteiger partial charge in [-0.3, -0.25) is 14.2 Å². The second-order valence-corrected chi connectivity index (χ2v) is 7.45. The molecule has 1 aliphatic carbocycles. The molecule has 1 aliphatic heterocycles. The predicted molar refractivity (Wildman–Crippen MR) is 95.4 cm³/mol. The number of thiophene rings is 1. The lowest BCUT2D eigenvalue weighted by Crippen LogP contribution is -2.52. The Labute approximate surface area is 146 Å². The fraction of sp³-hybridized carbons (Fsp3) is 0.294. The Bertz CT molecular complexity index is 1100. The number of pyridine rings is 1. The Morgan fingerprint density at radius 2 is 2.16 bits per heavy atom. The van der Waals surface area contributed by atoms with Crippen LogP contribution in [0.25, 0.3) is 10.2 Å². The van der Waals surface area contributed by atoms with E-state index in [4.69, 9.17) is 0 Å². The Morgan fingerprint density at radius 1 is 1.32 bits per heavy atom. The smallest absolute Gasteiger partial charge is 0.276 e. The van der Waals surface area contributed by atoms with Crippen molar-refractivity contribution in [3.63, 3.8) is 0 Å². The van der Waals surface area contributed by atoms with E-state index in [1.807, 2.05) is 18.4 Å². The van der Waals surface area contributed by atoms with Crippen molar-refractivity contribution in [1.82, 2.24) is 19.9 Å². The number of nitrogens with one attached hydrogen (secondary N) is 2. The standard InChI is InChI=1S/C17H15N5O2S/c1-9-7-11(20-13-10-3-6-25-15(10)19-8-18-13)16(24)22-12(9)14(23)21-17(22)4-2-5-17/h3,6-8H,2,4-5H2,1H3,(H,21,23)(H,18,19,20). The summed E-state index contributed by atoms with van der Waals surface area (Å²) in [7, 11) is 0. The zero-order valence-corrected chi connectivity index (χ0v) is 14.3. The number of aryl methyl sites for hydroxylation is 1. The molecule has 126 valence electrons. The van der Waals surface area contributed by atoms with Gasteiger partial charge in [-0.05, 0) is 49.3 Å². The normalized spacial score (nSPS) is 17.4. The summed E-state index contributed by atoms with van der Waals surface area (Å²) < 4.78 is 1.64. The third-order valence-electron chi connectivity index (χ3n) is 5.08. The van der Waals surface area contributed by atoms with Crippen LogP contribution < -0.4 is 16.2 Å². The number of carbonyl (C=O) groups excluding carboxylic acids is 1. The SMILES string of the molecule is Cc1cc(Nc2ncnc3sccc23)c(=O)n2c1C(=O)NC21CCC1. The number of carbonyl (C=O) groups is 1. The predicted octanol–water partition coefficient (Wildman–Crippen LogP) is 2.49. The first-order chi connectivity index (χ1) is 12.1. The summed E-state index contributed by atoms with van der Waals surface area (Å²) in [6.07, 6.45) is 4.06. The van der Waals surface area contributed by atoms with Gasteiger partial charge in [-0.15, -0.1) is 11.3 Å². The molecule has 2 N–H and O–H groups in total. The second-order valence-electron chi connectivity index (χ2n) is 6.56. The second kappa shape index (κ2) is 4.89. The highest BCUT2D eigenvalue weighted by Gasteiger charge is 2.48. The number of amides is 1. The van der Waals surface area contributed by atoms with Gasteiger partial charge >= 0.3 is 0 Å². The lowest BCUT2D eigenvalue weighted by molar-refractivity contribution is 0.0790. The molecule has 7 nitrogen and oxygen atoms in total. The molecule has 2 aliphatic rings. The maximum absolute atomic E-state index is 13.1. The summed E-state index contributed by atoms with van der Waals surface area (Å²) in [4.78, 5) is 34.8. The average Bonchev–Trinajstić information content (AvgIpc) is 3.15. The maximum Gasteiger partial charge on any atom is 0.276 e. The fourth-order valence-corrected chi connectivity index (χ4v) is 4.46. The summed E-state index contributed by atoms with van der Waals surface area (Å²) in [5.41, 5.74) is 0.934. The van der Waals surface area contributed by atoms with Gasteiger partial charge in [0.2, 0.25) is 0 Å². The van der Waals surface area contributed by atoms with Crippen molar-refractivity contribution < 1.29 is 4.79 Å². The number of anilines is 2. The first kappa shape index (κ1) is 14.6. The third-order valence-corrected chi connectivity index (χ3v) is 5.90. The van der Waals surface area contributed by atoms with E-state index in [2.05, 4.69) is 20.6 Å². The molecule has 8 heteroatoms. The zero-order chi connectivity index (χ0) is 17.2. The van der Waals surface area contributed by atoms with Crippen LogP contribution in [0.5, 0.6) is 0 Å². The topological polar surface area (TPSA) is 88.9 Å². The highest BCUT2D eigenvalue weighted by molar-refractivity contribution is 7.16. The van der Waals surface area contributed by atoms with Gasteiger partial charge in [0.05, 0.1) is 5.39 Å². The Kier molecular flexibility index (Phi) is 2.85. The minimum absolute atomic E-state index is 0.164. The molecule has 1 spiro atoms. The molecule has 1 saturated carbocycles. The molecular weight excluding hydrogens is 338 g/mol. The molecule has 4 heterocycles. The van der Waals surface area contributed by atoms with Gasteiger partial charge in [-0.2, -0.15) is 0 Å². The molecule has 0 bridgehead atoms. The van der Waals surface area contributed by atoms with Crippen LogP contribution in [0.3, 0.4) is 0 Å². The van der Waals surface area contributed by atoms with Crippen LogP contribution in [0, 0.1) is 6.92 Å². The van der Waals surface area contributed by atoms with Gasteiger partial charge in [0.25, 0.3) is 11.5 Å². The molecule has 3 aromatic heterocycles. The summed E-state index contributed by atoms with van der Waals surface area (Å²) in [6.45, 7) is 1.86. The minimum Gasteiger partial charge on any atom is -0.335 e. The van der Waals surface area contributed by atoms with Crippen molar-refractivity contribution in [2.75, 3.05) is 5.32 Å². The molecule has 1 fully saturated rings. The van der Waals surface area contributed by atoms with E-state index in [0.717, 1.165) is 35.0 Å². The minimum atomic E-state index is -0.546. The van der Waals surface area contributed by atoms with Gasteiger partial charge in [-0.25, -0.2) is 9.97 Å². The van der Waals surface area contributed by atoms with E-state index in [9.17, 15) is 9.59 Å². The molecule has 0 saturated heterocycles. The molecular formula is C17H15N5O2S. The number of aromatic nitrogens is 3. The van der Waals surface area contributed by atoms with Crippen LogP contribution in [-0.4, -0.2) is 20.4 Å².